The molecule has 122 valence electrons. The first kappa shape index (κ1) is 15.7. The molecular formula is C18H20N6. The molecule has 0 amide bonds. The van der Waals surface area contributed by atoms with E-state index in [9.17, 15) is 0 Å². The van der Waals surface area contributed by atoms with Gasteiger partial charge in [0, 0.05) is 19.8 Å². The summed E-state index contributed by atoms with van der Waals surface area (Å²) in [6.07, 6.45) is 3.24. The van der Waals surface area contributed by atoms with Gasteiger partial charge >= 0.3 is 0 Å². The van der Waals surface area contributed by atoms with Crippen molar-refractivity contribution in [3.63, 3.8) is 0 Å². The van der Waals surface area contributed by atoms with Crippen LogP contribution in [0.3, 0.4) is 0 Å². The van der Waals surface area contributed by atoms with Gasteiger partial charge in [0.15, 0.2) is 11.6 Å². The second kappa shape index (κ2) is 6.95. The van der Waals surface area contributed by atoms with Crippen molar-refractivity contribution < 1.29 is 0 Å². The van der Waals surface area contributed by atoms with E-state index in [2.05, 4.69) is 32.4 Å². The van der Waals surface area contributed by atoms with Gasteiger partial charge in [0.05, 0.1) is 0 Å². The Hall–Kier alpha value is -3.15. The smallest absolute Gasteiger partial charge is 0.160 e. The molecular weight excluding hydrogens is 300 g/mol. The Bertz CT molecular complexity index is 819. The molecule has 0 atom stereocenters. The van der Waals surface area contributed by atoms with Crippen molar-refractivity contribution in [1.82, 2.24) is 15.0 Å². The third kappa shape index (κ3) is 3.43. The average Bonchev–Trinajstić information content (AvgIpc) is 2.59. The highest BCUT2D eigenvalue weighted by atomic mass is 15.2. The van der Waals surface area contributed by atoms with E-state index in [0.29, 0.717) is 23.9 Å². The lowest BCUT2D eigenvalue weighted by Gasteiger charge is -2.21. The zero-order valence-electron chi connectivity index (χ0n) is 13.8. The number of nitrogens with zero attached hydrogens (tertiary/aromatic N) is 4. The van der Waals surface area contributed by atoms with Crippen molar-refractivity contribution in [3.8, 4) is 0 Å². The van der Waals surface area contributed by atoms with E-state index in [-0.39, 0.29) is 0 Å². The maximum atomic E-state index is 6.28. The zero-order valence-corrected chi connectivity index (χ0v) is 13.8. The zero-order chi connectivity index (χ0) is 16.9. The largest absolute Gasteiger partial charge is 0.393 e. The highest BCUT2D eigenvalue weighted by Crippen LogP contribution is 2.28. The fourth-order valence-electron chi connectivity index (χ4n) is 2.45. The molecule has 6 heteroatoms. The summed E-state index contributed by atoms with van der Waals surface area (Å²) < 4.78 is 0. The predicted octanol–water partition coefficient (Wildman–Crippen LogP) is 3.14. The highest BCUT2D eigenvalue weighted by molar-refractivity contribution is 5.77. The second-order valence-corrected chi connectivity index (χ2v) is 5.60. The molecule has 0 aliphatic heterocycles. The topological polar surface area (TPSA) is 80.0 Å². The molecule has 2 heterocycles. The first-order chi connectivity index (χ1) is 11.6. The first-order valence-electron chi connectivity index (χ1n) is 7.69. The summed E-state index contributed by atoms with van der Waals surface area (Å²) in [7, 11) is 1.96. The average molecular weight is 320 g/mol. The van der Waals surface area contributed by atoms with E-state index in [0.717, 1.165) is 11.4 Å². The Morgan fingerprint density at radius 2 is 1.79 bits per heavy atom. The van der Waals surface area contributed by atoms with Crippen LogP contribution in [0.4, 0.5) is 23.1 Å². The van der Waals surface area contributed by atoms with Crippen LogP contribution in [-0.4, -0.2) is 22.0 Å². The molecule has 0 unspecified atom stereocenters. The van der Waals surface area contributed by atoms with Crippen molar-refractivity contribution in [2.45, 2.75) is 13.5 Å². The number of nitrogens with two attached hydrogens (primary N) is 1. The Morgan fingerprint density at radius 3 is 2.54 bits per heavy atom. The van der Waals surface area contributed by atoms with Crippen molar-refractivity contribution in [2.75, 3.05) is 23.0 Å². The number of aromatic nitrogens is 3. The normalized spacial score (nSPS) is 10.4. The van der Waals surface area contributed by atoms with Gasteiger partial charge in [-0.15, -0.1) is 0 Å². The number of aryl methyl sites for hydroxylation is 1. The SMILES string of the molecule is Cc1cccnc1Nc1ncnc(N(C)Cc2ccccc2)c1N. The molecule has 0 bridgehead atoms. The quantitative estimate of drug-likeness (QED) is 0.752. The van der Waals surface area contributed by atoms with E-state index in [4.69, 9.17) is 5.73 Å². The summed E-state index contributed by atoms with van der Waals surface area (Å²) in [6, 6.07) is 14.1. The Labute approximate surface area is 141 Å². The van der Waals surface area contributed by atoms with Crippen LogP contribution in [0.5, 0.6) is 0 Å². The van der Waals surface area contributed by atoms with Crippen LogP contribution >= 0.6 is 0 Å². The van der Waals surface area contributed by atoms with Gasteiger partial charge in [-0.05, 0) is 24.1 Å². The van der Waals surface area contributed by atoms with Crippen molar-refractivity contribution >= 4 is 23.1 Å². The van der Waals surface area contributed by atoms with Gasteiger partial charge in [-0.3, -0.25) is 0 Å². The summed E-state index contributed by atoms with van der Waals surface area (Å²) in [5.41, 5.74) is 8.99. The molecule has 0 fully saturated rings. The van der Waals surface area contributed by atoms with Gasteiger partial charge in [-0.25, -0.2) is 15.0 Å². The van der Waals surface area contributed by atoms with Gasteiger partial charge in [-0.1, -0.05) is 36.4 Å². The number of rotatable bonds is 5. The summed E-state index contributed by atoms with van der Waals surface area (Å²) in [5, 5.41) is 3.19. The number of nitrogen functional groups attached to an aromatic ring is 1. The number of benzene rings is 1. The molecule has 0 spiro atoms. The number of hydrogen-bond acceptors (Lipinski definition) is 6. The van der Waals surface area contributed by atoms with Gasteiger partial charge in [-0.2, -0.15) is 0 Å². The van der Waals surface area contributed by atoms with E-state index in [1.165, 1.54) is 11.9 Å². The lowest BCUT2D eigenvalue weighted by atomic mass is 10.2. The van der Waals surface area contributed by atoms with Crippen LogP contribution in [0.2, 0.25) is 0 Å². The molecule has 0 radical (unpaired) electrons. The maximum absolute atomic E-state index is 6.28. The van der Waals surface area contributed by atoms with E-state index < -0.39 is 0 Å². The number of anilines is 4. The Kier molecular flexibility index (Phi) is 4.56. The molecule has 0 aliphatic carbocycles. The maximum Gasteiger partial charge on any atom is 0.160 e. The minimum Gasteiger partial charge on any atom is -0.393 e. The molecule has 0 aliphatic rings. The molecule has 1 aromatic carbocycles. The van der Waals surface area contributed by atoms with E-state index in [1.807, 2.05) is 49.2 Å². The van der Waals surface area contributed by atoms with Gasteiger partial charge in [0.2, 0.25) is 0 Å². The lowest BCUT2D eigenvalue weighted by molar-refractivity contribution is 0.894. The fraction of sp³-hybridized carbons (Fsp3) is 0.167. The third-order valence-electron chi connectivity index (χ3n) is 3.73. The number of hydrogen-bond donors (Lipinski definition) is 2. The third-order valence-corrected chi connectivity index (χ3v) is 3.73. The molecule has 0 saturated carbocycles. The molecule has 0 saturated heterocycles. The van der Waals surface area contributed by atoms with Gasteiger partial charge in [0.25, 0.3) is 0 Å². The van der Waals surface area contributed by atoms with Gasteiger partial charge in [0.1, 0.15) is 17.8 Å². The molecule has 6 nitrogen and oxygen atoms in total. The predicted molar refractivity (Wildman–Crippen MR) is 97.3 cm³/mol. The summed E-state index contributed by atoms with van der Waals surface area (Å²) in [5.74, 6) is 1.98. The Balaban J connectivity index is 1.84. The molecule has 24 heavy (non-hydrogen) atoms. The molecule has 2 aromatic heterocycles. The summed E-state index contributed by atoms with van der Waals surface area (Å²) >= 11 is 0. The minimum absolute atomic E-state index is 0.501. The van der Waals surface area contributed by atoms with E-state index in [1.54, 1.807) is 6.20 Å². The molecule has 3 rings (SSSR count). The van der Waals surface area contributed by atoms with Crippen molar-refractivity contribution in [1.29, 1.82) is 0 Å². The highest BCUT2D eigenvalue weighted by Gasteiger charge is 2.13. The first-order valence-corrected chi connectivity index (χ1v) is 7.69. The van der Waals surface area contributed by atoms with Crippen LogP contribution < -0.4 is 16.0 Å². The lowest BCUT2D eigenvalue weighted by Crippen LogP contribution is -2.20. The van der Waals surface area contributed by atoms with E-state index >= 15 is 0 Å². The van der Waals surface area contributed by atoms with Crippen LogP contribution in [0.25, 0.3) is 0 Å². The standard InChI is InChI=1S/C18H20N6/c1-13-7-6-10-20-16(13)23-17-15(19)18(22-12-21-17)24(2)11-14-8-4-3-5-9-14/h3-10,12H,11,19H2,1-2H3,(H,20,21,22,23). The van der Waals surface area contributed by atoms with Crippen LogP contribution in [0.1, 0.15) is 11.1 Å². The number of nitrogens with one attached hydrogen (secondary N) is 1. The van der Waals surface area contributed by atoms with Crippen LogP contribution in [0.15, 0.2) is 55.0 Å². The second-order valence-electron chi connectivity index (χ2n) is 5.60. The monoisotopic (exact) mass is 320 g/mol. The summed E-state index contributed by atoms with van der Waals surface area (Å²) in [4.78, 5) is 14.9. The van der Waals surface area contributed by atoms with Crippen molar-refractivity contribution in [2.24, 2.45) is 0 Å². The molecule has 3 N–H and O–H groups in total. The number of pyridine rings is 1. The van der Waals surface area contributed by atoms with Gasteiger partial charge < -0.3 is 16.0 Å². The molecule has 3 aromatic rings. The summed E-state index contributed by atoms with van der Waals surface area (Å²) in [6.45, 7) is 2.69. The minimum atomic E-state index is 0.501. The van der Waals surface area contributed by atoms with Crippen molar-refractivity contribution in [3.05, 3.63) is 66.1 Å². The van der Waals surface area contributed by atoms with Crippen LogP contribution in [0, 0.1) is 6.92 Å². The Morgan fingerprint density at radius 1 is 1.00 bits per heavy atom. The van der Waals surface area contributed by atoms with Crippen LogP contribution in [-0.2, 0) is 6.54 Å². The fourth-order valence-corrected chi connectivity index (χ4v) is 2.45.